The molecule has 0 spiro atoms. The first-order chi connectivity index (χ1) is 37.7. The van der Waals surface area contributed by atoms with E-state index in [-0.39, 0.29) is 11.8 Å². The number of hydrogen-bond acceptors (Lipinski definition) is 4. The molecule has 0 aliphatic rings. The van der Waals surface area contributed by atoms with E-state index in [2.05, 4.69) is 255 Å². The molecule has 0 aliphatic heterocycles. The molecule has 4 aromatic heterocycles. The van der Waals surface area contributed by atoms with Crippen molar-refractivity contribution in [1.82, 2.24) is 0 Å². The van der Waals surface area contributed by atoms with Gasteiger partial charge < -0.3 is 8.83 Å². The van der Waals surface area contributed by atoms with Gasteiger partial charge >= 0.3 is 0 Å². The van der Waals surface area contributed by atoms with Crippen LogP contribution in [-0.2, 0) is 0 Å². The number of rotatable bonds is 8. The molecule has 2 unspecified atom stereocenters. The fraction of sp³-hybridized carbons (Fsp3) is 0.0278. The first kappa shape index (κ1) is 43.4. The molecule has 16 aromatic rings. The van der Waals surface area contributed by atoms with E-state index in [1.807, 2.05) is 22.7 Å². The second kappa shape index (κ2) is 17.3. The largest absolute Gasteiger partial charge is 0.456 e. The summed E-state index contributed by atoms with van der Waals surface area (Å²) in [5.74, 6) is -0.0834. The summed E-state index contributed by atoms with van der Waals surface area (Å²) in [7, 11) is 0. The van der Waals surface area contributed by atoms with Crippen molar-refractivity contribution in [2.45, 2.75) is 11.8 Å². The highest BCUT2D eigenvalue weighted by Crippen LogP contribution is 2.52. The Hall–Kier alpha value is -9.06. The summed E-state index contributed by atoms with van der Waals surface area (Å²) in [5.41, 5.74) is 16.0. The average Bonchev–Trinajstić information content (AvgIpc) is 4.37. The van der Waals surface area contributed by atoms with Gasteiger partial charge in [-0.25, -0.2) is 0 Å². The molecule has 2 atom stereocenters. The fourth-order valence-electron chi connectivity index (χ4n) is 12.6. The van der Waals surface area contributed by atoms with E-state index >= 15 is 0 Å². The van der Waals surface area contributed by atoms with Crippen LogP contribution in [0.2, 0.25) is 0 Å². The van der Waals surface area contributed by atoms with Crippen LogP contribution in [0.5, 0.6) is 0 Å². The Balaban J connectivity index is 0.933. The molecule has 0 saturated carbocycles. The Kier molecular flexibility index (Phi) is 9.84. The third-order valence-electron chi connectivity index (χ3n) is 15.9. The van der Waals surface area contributed by atoms with Gasteiger partial charge in [-0.2, -0.15) is 0 Å². The van der Waals surface area contributed by atoms with Gasteiger partial charge in [0.1, 0.15) is 22.3 Å². The topological polar surface area (TPSA) is 26.3 Å². The summed E-state index contributed by atoms with van der Waals surface area (Å²) < 4.78 is 18.6. The molecule has 0 fully saturated rings. The maximum atomic E-state index is 6.73. The van der Waals surface area contributed by atoms with E-state index in [0.29, 0.717) is 0 Å². The number of fused-ring (bicyclic) bond motifs is 13. The molecule has 0 aliphatic carbocycles. The van der Waals surface area contributed by atoms with Crippen molar-refractivity contribution in [3.8, 4) is 22.3 Å². The smallest absolute Gasteiger partial charge is 0.139 e. The zero-order valence-electron chi connectivity index (χ0n) is 41.0. The molecule has 12 aromatic carbocycles. The lowest BCUT2D eigenvalue weighted by molar-refractivity contribution is 0.661. The van der Waals surface area contributed by atoms with Crippen LogP contribution in [0.3, 0.4) is 0 Å². The quantitative estimate of drug-likeness (QED) is 0.142. The maximum absolute atomic E-state index is 6.73. The van der Waals surface area contributed by atoms with Crippen molar-refractivity contribution in [2.24, 2.45) is 0 Å². The Labute approximate surface area is 446 Å². The molecule has 16 rings (SSSR count). The van der Waals surface area contributed by atoms with Gasteiger partial charge in [0.15, 0.2) is 0 Å². The zero-order valence-corrected chi connectivity index (χ0v) is 42.7. The van der Waals surface area contributed by atoms with E-state index < -0.39 is 0 Å². The predicted molar refractivity (Wildman–Crippen MR) is 323 cm³/mol. The predicted octanol–water partition coefficient (Wildman–Crippen LogP) is 21.1. The van der Waals surface area contributed by atoms with Crippen molar-refractivity contribution in [3.05, 3.63) is 288 Å². The first-order valence-electron chi connectivity index (χ1n) is 26.0. The van der Waals surface area contributed by atoms with Crippen molar-refractivity contribution >= 4 is 118 Å². The van der Waals surface area contributed by atoms with Crippen LogP contribution in [0.25, 0.3) is 117 Å². The Morgan fingerprint density at radius 2 is 0.737 bits per heavy atom. The third-order valence-corrected chi connectivity index (χ3v) is 18.2. The summed E-state index contributed by atoms with van der Waals surface area (Å²) in [6, 6.07) is 93.5. The van der Waals surface area contributed by atoms with Gasteiger partial charge in [-0.05, 0) is 86.1 Å². The Morgan fingerprint density at radius 1 is 0.276 bits per heavy atom. The molecule has 76 heavy (non-hydrogen) atoms. The van der Waals surface area contributed by atoms with Crippen LogP contribution in [0.1, 0.15) is 45.2 Å². The number of hydrogen-bond donors (Lipinski definition) is 0. The molecule has 0 saturated heterocycles. The van der Waals surface area contributed by atoms with Crippen LogP contribution in [-0.4, -0.2) is 0 Å². The van der Waals surface area contributed by atoms with Gasteiger partial charge in [0.05, 0.1) is 0 Å². The van der Waals surface area contributed by atoms with Gasteiger partial charge in [0.2, 0.25) is 0 Å². The summed E-state index contributed by atoms with van der Waals surface area (Å²) in [4.78, 5) is 0. The second-order valence-electron chi connectivity index (χ2n) is 20.1. The molecule has 0 bridgehead atoms. The third kappa shape index (κ3) is 6.71. The minimum atomic E-state index is -0.0417. The summed E-state index contributed by atoms with van der Waals surface area (Å²) >= 11 is 3.82. The lowest BCUT2D eigenvalue weighted by atomic mass is 9.83. The number of thiophene rings is 2. The lowest BCUT2D eigenvalue weighted by Crippen LogP contribution is -2.03. The zero-order chi connectivity index (χ0) is 49.8. The number of para-hydroxylation sites is 4. The standard InChI is InChI=1S/C72H44O2S2/c1-5-19-43(20-6-1)65(55-31-17-29-52-49-27-13-15-33-60(49)73-70(52)55)47-35-37-51-59-41-57-58(68(46-25-11-4-12-26-46)72(59)76-62(51)39-47)42-64-69(67(57)45-23-9-3-10-24-45)54-38-36-48(40-63(54)75-64)66(44-21-7-2-8-22-44)56-32-18-30-53-50-28-14-16-34-61(50)74-71(53)56/h1-42,65-66H. The normalized spacial score (nSPS) is 12.9. The molecular weight excluding hydrogens is 961 g/mol. The number of furan rings is 2. The van der Waals surface area contributed by atoms with E-state index in [9.17, 15) is 0 Å². The highest BCUT2D eigenvalue weighted by molar-refractivity contribution is 7.27. The van der Waals surface area contributed by atoms with E-state index in [1.165, 1.54) is 107 Å². The van der Waals surface area contributed by atoms with E-state index in [0.717, 1.165) is 43.9 Å². The first-order valence-corrected chi connectivity index (χ1v) is 27.7. The van der Waals surface area contributed by atoms with Crippen molar-refractivity contribution in [1.29, 1.82) is 0 Å². The summed E-state index contributed by atoms with van der Waals surface area (Å²) in [6.07, 6.45) is 0. The molecule has 4 heterocycles. The Bertz CT molecular complexity index is 4760. The van der Waals surface area contributed by atoms with Crippen LogP contribution in [0.4, 0.5) is 0 Å². The van der Waals surface area contributed by atoms with Crippen LogP contribution in [0, 0.1) is 0 Å². The van der Waals surface area contributed by atoms with Crippen LogP contribution in [0.15, 0.2) is 264 Å². The molecule has 0 radical (unpaired) electrons. The molecule has 4 heteroatoms. The highest BCUT2D eigenvalue weighted by atomic mass is 32.1. The maximum Gasteiger partial charge on any atom is 0.139 e. The molecule has 356 valence electrons. The summed E-state index contributed by atoms with van der Waals surface area (Å²) in [5, 5.41) is 12.2. The van der Waals surface area contributed by atoms with Crippen molar-refractivity contribution in [2.75, 3.05) is 0 Å². The van der Waals surface area contributed by atoms with Crippen molar-refractivity contribution in [3.63, 3.8) is 0 Å². The SMILES string of the molecule is c1ccc(-c2c3cc4sc5cc(C(c6ccccc6)c6cccc7c6oc6ccccc67)ccc5c4c(-c4ccccc4)c3cc3c2sc2cc(C(c4ccccc4)c4cccc5c4oc4ccccc45)ccc23)cc1. The van der Waals surface area contributed by atoms with Gasteiger partial charge in [0, 0.05) is 90.4 Å². The van der Waals surface area contributed by atoms with Gasteiger partial charge in [-0.3, -0.25) is 0 Å². The minimum Gasteiger partial charge on any atom is -0.456 e. The van der Waals surface area contributed by atoms with Crippen molar-refractivity contribution < 1.29 is 8.83 Å². The molecule has 2 nitrogen and oxygen atoms in total. The van der Waals surface area contributed by atoms with E-state index in [4.69, 9.17) is 8.83 Å². The molecule has 0 amide bonds. The highest BCUT2D eigenvalue weighted by Gasteiger charge is 2.27. The second-order valence-corrected chi connectivity index (χ2v) is 22.3. The van der Waals surface area contributed by atoms with Gasteiger partial charge in [-0.1, -0.05) is 218 Å². The van der Waals surface area contributed by atoms with Gasteiger partial charge in [-0.15, -0.1) is 22.7 Å². The average molecular weight is 1010 g/mol. The molecule has 0 N–H and O–H groups in total. The lowest BCUT2D eigenvalue weighted by Gasteiger charge is -2.19. The van der Waals surface area contributed by atoms with Crippen LogP contribution >= 0.6 is 22.7 Å². The fourth-order valence-corrected chi connectivity index (χ4v) is 15.1. The number of benzene rings is 12. The minimum absolute atomic E-state index is 0.0417. The van der Waals surface area contributed by atoms with Crippen LogP contribution < -0.4 is 0 Å². The monoisotopic (exact) mass is 1000 g/mol. The van der Waals surface area contributed by atoms with E-state index in [1.54, 1.807) is 0 Å². The summed E-state index contributed by atoms with van der Waals surface area (Å²) in [6.45, 7) is 0. The molecular formula is C72H44O2S2. The Morgan fingerprint density at radius 3 is 1.30 bits per heavy atom. The van der Waals surface area contributed by atoms with Gasteiger partial charge in [0.25, 0.3) is 0 Å².